The van der Waals surface area contributed by atoms with E-state index in [0.717, 1.165) is 19.4 Å². The maximum atomic E-state index is 8.95. The van der Waals surface area contributed by atoms with Crippen molar-refractivity contribution in [3.05, 3.63) is 0 Å². The third-order valence-electron chi connectivity index (χ3n) is 1.63. The molecule has 1 saturated heterocycles. The van der Waals surface area contributed by atoms with Gasteiger partial charge in [0.2, 0.25) is 0 Å². The Morgan fingerprint density at radius 3 is 2.67 bits per heavy atom. The molecule has 0 spiro atoms. The van der Waals surface area contributed by atoms with Gasteiger partial charge >= 0.3 is 0 Å². The van der Waals surface area contributed by atoms with Gasteiger partial charge in [-0.15, -0.1) is 0 Å². The van der Waals surface area contributed by atoms with Gasteiger partial charge in [-0.2, -0.15) is 0 Å². The zero-order valence-electron chi connectivity index (χ0n) is 5.13. The van der Waals surface area contributed by atoms with Crippen molar-refractivity contribution in [1.29, 1.82) is 0 Å². The largest absolute Gasteiger partial charge is 0.377 e. The van der Waals surface area contributed by atoms with Crippen LogP contribution in [0.25, 0.3) is 0 Å². The molecule has 0 aromatic rings. The molecule has 3 nitrogen and oxygen atoms in total. The summed E-state index contributed by atoms with van der Waals surface area (Å²) in [5.41, 5.74) is 5.30. The van der Waals surface area contributed by atoms with Gasteiger partial charge < -0.3 is 10.8 Å². The second kappa shape index (κ2) is 3.14. The van der Waals surface area contributed by atoms with Crippen molar-refractivity contribution >= 4 is 22.9 Å². The molecule has 1 heterocycles. The molecule has 0 saturated carbocycles. The second-order valence-electron chi connectivity index (χ2n) is 2.32. The van der Waals surface area contributed by atoms with E-state index < -0.39 is 6.23 Å². The summed E-state index contributed by atoms with van der Waals surface area (Å²) in [7, 11) is 0. The first-order chi connectivity index (χ1) is 4.22. The van der Waals surface area contributed by atoms with Crippen molar-refractivity contribution in [2.45, 2.75) is 25.1 Å². The minimum Gasteiger partial charge on any atom is -0.377 e. The molecule has 1 rings (SSSR count). The van der Waals surface area contributed by atoms with Gasteiger partial charge in [0.05, 0.1) is 6.04 Å². The van der Waals surface area contributed by atoms with Gasteiger partial charge in [0.1, 0.15) is 6.23 Å². The van der Waals surface area contributed by atoms with Crippen molar-refractivity contribution in [3.63, 3.8) is 0 Å². The van der Waals surface area contributed by atoms with Crippen molar-refractivity contribution in [1.82, 2.24) is 3.11 Å². The van der Waals surface area contributed by atoms with E-state index in [0.29, 0.717) is 0 Å². The average Bonchev–Trinajstić information content (AvgIpc) is 2.13. The predicted molar refractivity (Wildman–Crippen MR) is 43.9 cm³/mol. The quantitative estimate of drug-likeness (QED) is 0.389. The lowest BCUT2D eigenvalue weighted by molar-refractivity contribution is 0.122. The van der Waals surface area contributed by atoms with Crippen LogP contribution in [0.4, 0.5) is 0 Å². The Hall–Kier alpha value is 0.610. The van der Waals surface area contributed by atoms with Crippen LogP contribution in [0.2, 0.25) is 0 Å². The van der Waals surface area contributed by atoms with Gasteiger partial charge in [0, 0.05) is 29.4 Å². The Labute approximate surface area is 68.7 Å². The van der Waals surface area contributed by atoms with Gasteiger partial charge in [0.15, 0.2) is 0 Å². The van der Waals surface area contributed by atoms with Gasteiger partial charge in [-0.1, -0.05) is 0 Å². The van der Waals surface area contributed by atoms with Crippen molar-refractivity contribution < 1.29 is 5.11 Å². The third-order valence-corrected chi connectivity index (χ3v) is 2.82. The molecule has 9 heavy (non-hydrogen) atoms. The predicted octanol–water partition coefficient (Wildman–Crippen LogP) is 0.0779. The number of aliphatic hydroxyl groups is 1. The number of hydrogen-bond acceptors (Lipinski definition) is 3. The van der Waals surface area contributed by atoms with E-state index in [1.807, 2.05) is 0 Å². The van der Waals surface area contributed by atoms with Crippen LogP contribution in [0.1, 0.15) is 12.8 Å². The monoisotopic (exact) mass is 242 g/mol. The summed E-state index contributed by atoms with van der Waals surface area (Å²) in [6.45, 7) is 1.06. The summed E-state index contributed by atoms with van der Waals surface area (Å²) < 4.78 is 2.07. The molecular formula is C5H11IN2O. The minimum absolute atomic E-state index is 0.186. The van der Waals surface area contributed by atoms with Crippen LogP contribution in [0, 0.1) is 0 Å². The standard InChI is InChI=1S/C5H11IN2O/c6-8-3-1-2-4(8)5(7)9/h4-5,9H,1-3,7H2. The first kappa shape index (κ1) is 7.71. The molecule has 2 unspecified atom stereocenters. The van der Waals surface area contributed by atoms with Crippen LogP contribution in [0.5, 0.6) is 0 Å². The Kier molecular flexibility index (Phi) is 2.69. The highest BCUT2D eigenvalue weighted by molar-refractivity contribution is 14.1. The fourth-order valence-electron chi connectivity index (χ4n) is 1.09. The highest BCUT2D eigenvalue weighted by Gasteiger charge is 2.26. The topological polar surface area (TPSA) is 49.5 Å². The Balaban J connectivity index is 2.40. The van der Waals surface area contributed by atoms with Gasteiger partial charge in [-0.25, -0.2) is 3.11 Å². The molecule has 0 bridgehead atoms. The van der Waals surface area contributed by atoms with E-state index in [1.54, 1.807) is 0 Å². The summed E-state index contributed by atoms with van der Waals surface area (Å²) in [5, 5.41) is 8.95. The highest BCUT2D eigenvalue weighted by Crippen LogP contribution is 2.21. The Morgan fingerprint density at radius 2 is 2.44 bits per heavy atom. The minimum atomic E-state index is -0.663. The van der Waals surface area contributed by atoms with Crippen LogP contribution in [-0.2, 0) is 0 Å². The van der Waals surface area contributed by atoms with Crippen LogP contribution in [0.15, 0.2) is 0 Å². The number of hydrogen-bond donors (Lipinski definition) is 2. The van der Waals surface area contributed by atoms with E-state index in [-0.39, 0.29) is 6.04 Å². The number of aliphatic hydroxyl groups excluding tert-OH is 1. The van der Waals surface area contributed by atoms with Crippen molar-refractivity contribution in [2.75, 3.05) is 6.54 Å². The Morgan fingerprint density at radius 1 is 1.78 bits per heavy atom. The van der Waals surface area contributed by atoms with Gasteiger partial charge in [0.25, 0.3) is 0 Å². The van der Waals surface area contributed by atoms with E-state index in [4.69, 9.17) is 10.8 Å². The lowest BCUT2D eigenvalue weighted by Crippen LogP contribution is -2.39. The van der Waals surface area contributed by atoms with Gasteiger partial charge in [-0.05, 0) is 12.8 Å². The molecule has 2 atom stereocenters. The molecular weight excluding hydrogens is 231 g/mol. The number of nitrogens with zero attached hydrogens (tertiary/aromatic N) is 1. The molecule has 0 aromatic carbocycles. The number of nitrogens with two attached hydrogens (primary N) is 1. The summed E-state index contributed by atoms with van der Waals surface area (Å²) in [4.78, 5) is 0. The molecule has 0 amide bonds. The SMILES string of the molecule is NC(O)C1CCCN1I. The molecule has 0 aliphatic carbocycles. The maximum Gasteiger partial charge on any atom is 0.118 e. The second-order valence-corrected chi connectivity index (χ2v) is 3.56. The molecule has 4 heteroatoms. The third kappa shape index (κ3) is 1.76. The zero-order valence-corrected chi connectivity index (χ0v) is 7.28. The van der Waals surface area contributed by atoms with E-state index >= 15 is 0 Å². The lowest BCUT2D eigenvalue weighted by atomic mass is 10.2. The van der Waals surface area contributed by atoms with Crippen LogP contribution in [0.3, 0.4) is 0 Å². The van der Waals surface area contributed by atoms with E-state index in [9.17, 15) is 0 Å². The first-order valence-corrected chi connectivity index (χ1v) is 4.04. The fourth-order valence-corrected chi connectivity index (χ4v) is 2.04. The summed E-state index contributed by atoms with van der Waals surface area (Å²) in [6, 6.07) is 0.186. The first-order valence-electron chi connectivity index (χ1n) is 3.08. The number of rotatable bonds is 1. The molecule has 54 valence electrons. The van der Waals surface area contributed by atoms with E-state index in [1.165, 1.54) is 0 Å². The molecule has 1 fully saturated rings. The molecule has 1 aliphatic rings. The molecule has 3 N–H and O–H groups in total. The molecule has 0 aromatic heterocycles. The Bertz CT molecular complexity index is 99.0. The summed E-state index contributed by atoms with van der Waals surface area (Å²) >= 11 is 2.20. The van der Waals surface area contributed by atoms with Gasteiger partial charge in [-0.3, -0.25) is 0 Å². The van der Waals surface area contributed by atoms with E-state index in [2.05, 4.69) is 26.0 Å². The smallest absolute Gasteiger partial charge is 0.118 e. The van der Waals surface area contributed by atoms with Crippen molar-refractivity contribution in [3.8, 4) is 0 Å². The normalized spacial score (nSPS) is 33.0. The molecule has 1 aliphatic heterocycles. The zero-order chi connectivity index (χ0) is 6.85. The van der Waals surface area contributed by atoms with Crippen LogP contribution >= 0.6 is 22.9 Å². The lowest BCUT2D eigenvalue weighted by Gasteiger charge is -2.19. The number of halogens is 1. The summed E-state index contributed by atoms with van der Waals surface area (Å²) in [5.74, 6) is 0. The highest BCUT2D eigenvalue weighted by atomic mass is 127. The molecule has 0 radical (unpaired) electrons. The van der Waals surface area contributed by atoms with Crippen LogP contribution < -0.4 is 5.73 Å². The van der Waals surface area contributed by atoms with Crippen LogP contribution in [-0.4, -0.2) is 27.0 Å². The average molecular weight is 242 g/mol. The fraction of sp³-hybridized carbons (Fsp3) is 1.00. The van der Waals surface area contributed by atoms with Crippen molar-refractivity contribution in [2.24, 2.45) is 5.73 Å². The summed E-state index contributed by atoms with van der Waals surface area (Å²) in [6.07, 6.45) is 1.52. The maximum absolute atomic E-state index is 8.95.